The minimum Gasteiger partial charge on any atom is -0.493 e. The monoisotopic (exact) mass is 782 g/mol. The average molecular weight is 783 g/mol. The molecule has 0 saturated heterocycles. The van der Waals surface area contributed by atoms with Crippen molar-refractivity contribution < 1.29 is 9.47 Å². The van der Waals surface area contributed by atoms with E-state index in [0.29, 0.717) is 69.2 Å². The van der Waals surface area contributed by atoms with Crippen LogP contribution in [0.25, 0.3) is 34.4 Å². The van der Waals surface area contributed by atoms with E-state index in [4.69, 9.17) is 9.47 Å². The lowest BCUT2D eigenvalue weighted by Gasteiger charge is -2.17. The van der Waals surface area contributed by atoms with Crippen LogP contribution in [-0.2, 0) is 0 Å². The van der Waals surface area contributed by atoms with Gasteiger partial charge in [0.15, 0.2) is 0 Å². The number of nitrogens with zero attached hydrogens (tertiary/aromatic N) is 8. The number of ether oxygens (including phenoxy) is 2. The molecular formula is C50H38N8O2. The van der Waals surface area contributed by atoms with Gasteiger partial charge in [0.25, 0.3) is 0 Å². The molecule has 0 spiro atoms. The van der Waals surface area contributed by atoms with Crippen molar-refractivity contribution in [2.24, 2.45) is 0 Å². The van der Waals surface area contributed by atoms with Gasteiger partial charge in [-0.15, -0.1) is 0 Å². The molecule has 0 amide bonds. The van der Waals surface area contributed by atoms with Gasteiger partial charge in [0.2, 0.25) is 0 Å². The third kappa shape index (κ3) is 8.77. The minimum atomic E-state index is -0.203. The van der Waals surface area contributed by atoms with Gasteiger partial charge < -0.3 is 9.47 Å². The van der Waals surface area contributed by atoms with Crippen molar-refractivity contribution in [2.45, 2.75) is 65.2 Å². The van der Waals surface area contributed by atoms with Gasteiger partial charge in [0.05, 0.1) is 13.2 Å². The van der Waals surface area contributed by atoms with Crippen molar-refractivity contribution in [1.82, 2.24) is 0 Å². The first-order valence-electron chi connectivity index (χ1n) is 19.7. The fourth-order valence-electron chi connectivity index (χ4n) is 7.38. The molecule has 5 rings (SSSR count). The van der Waals surface area contributed by atoms with E-state index in [-0.39, 0.29) is 44.6 Å². The average Bonchev–Trinajstić information content (AvgIpc) is 3.76. The fourth-order valence-corrected chi connectivity index (χ4v) is 7.38. The maximum Gasteiger partial charge on any atom is 0.138 e. The van der Waals surface area contributed by atoms with Crippen LogP contribution in [0.4, 0.5) is 0 Å². The number of hydrogen-bond donors (Lipinski definition) is 0. The number of nitriles is 8. The molecule has 290 valence electrons. The molecule has 0 aromatic heterocycles. The summed E-state index contributed by atoms with van der Waals surface area (Å²) in [5.74, 6) is 0.718. The van der Waals surface area contributed by atoms with Crippen LogP contribution in [-0.4, -0.2) is 13.2 Å². The summed E-state index contributed by atoms with van der Waals surface area (Å²) < 4.78 is 13.1. The molecular weight excluding hydrogens is 745 g/mol. The Balaban J connectivity index is 1.90. The van der Waals surface area contributed by atoms with E-state index in [1.165, 1.54) is 0 Å². The number of allylic oxidation sites excluding steroid dienone is 10. The largest absolute Gasteiger partial charge is 0.493 e. The predicted octanol–water partition coefficient (Wildman–Crippen LogP) is 11.0. The van der Waals surface area contributed by atoms with Gasteiger partial charge >= 0.3 is 0 Å². The molecule has 10 heteroatoms. The third-order valence-electron chi connectivity index (χ3n) is 10.2. The summed E-state index contributed by atoms with van der Waals surface area (Å²) in [5, 5.41) is 81.3. The Morgan fingerprint density at radius 1 is 0.433 bits per heavy atom. The van der Waals surface area contributed by atoms with Gasteiger partial charge in [0.1, 0.15) is 82.3 Å². The zero-order chi connectivity index (χ0) is 43.0. The summed E-state index contributed by atoms with van der Waals surface area (Å²) in [6, 6.07) is 33.4. The maximum absolute atomic E-state index is 10.2. The number of benzene rings is 3. The molecule has 0 radical (unpaired) electrons. The van der Waals surface area contributed by atoms with E-state index in [1.807, 2.05) is 48.6 Å². The van der Waals surface area contributed by atoms with Crippen LogP contribution in [0.5, 0.6) is 11.5 Å². The van der Waals surface area contributed by atoms with E-state index in [1.54, 1.807) is 72.8 Å². The van der Waals surface area contributed by atoms with Gasteiger partial charge in [-0.1, -0.05) is 101 Å². The van der Waals surface area contributed by atoms with Crippen molar-refractivity contribution in [3.63, 3.8) is 0 Å². The molecule has 0 fully saturated rings. The molecule has 3 aromatic rings. The zero-order valence-corrected chi connectivity index (χ0v) is 33.4. The van der Waals surface area contributed by atoms with Gasteiger partial charge in [0, 0.05) is 33.4 Å². The van der Waals surface area contributed by atoms with E-state index in [2.05, 4.69) is 13.8 Å². The summed E-state index contributed by atoms with van der Waals surface area (Å²) >= 11 is 0. The Labute approximate surface area is 350 Å². The maximum atomic E-state index is 10.2. The van der Waals surface area contributed by atoms with Crippen molar-refractivity contribution in [1.29, 1.82) is 42.1 Å². The topological polar surface area (TPSA) is 209 Å². The Bertz CT molecular complexity index is 2380. The normalized spacial score (nSPS) is 11.8. The lowest BCUT2D eigenvalue weighted by atomic mass is 9.92. The second-order valence-electron chi connectivity index (χ2n) is 13.8. The predicted molar refractivity (Wildman–Crippen MR) is 227 cm³/mol. The van der Waals surface area contributed by atoms with Crippen LogP contribution in [0.2, 0.25) is 0 Å². The summed E-state index contributed by atoms with van der Waals surface area (Å²) in [4.78, 5) is 0. The van der Waals surface area contributed by atoms with Crippen LogP contribution in [0, 0.1) is 90.6 Å². The van der Waals surface area contributed by atoms with E-state index < -0.39 is 0 Å². The minimum absolute atomic E-state index is 0.203. The first kappa shape index (κ1) is 42.8. The van der Waals surface area contributed by atoms with Crippen LogP contribution < -0.4 is 9.47 Å². The lowest BCUT2D eigenvalue weighted by molar-refractivity contribution is 0.296. The fraction of sp³-hybridized carbons (Fsp3) is 0.240. The second kappa shape index (κ2) is 20.7. The second-order valence-corrected chi connectivity index (χ2v) is 13.8. The summed E-state index contributed by atoms with van der Waals surface area (Å²) in [7, 11) is 0. The molecule has 0 bridgehead atoms. The highest BCUT2D eigenvalue weighted by Gasteiger charge is 2.34. The summed E-state index contributed by atoms with van der Waals surface area (Å²) in [6.45, 7) is 4.85. The lowest BCUT2D eigenvalue weighted by Crippen LogP contribution is -2.04. The molecule has 2 aliphatic rings. The zero-order valence-electron chi connectivity index (χ0n) is 33.4. The highest BCUT2D eigenvalue weighted by molar-refractivity contribution is 6.16. The van der Waals surface area contributed by atoms with Crippen LogP contribution in [0.15, 0.2) is 94.1 Å². The quantitative estimate of drug-likeness (QED) is 0.111. The van der Waals surface area contributed by atoms with E-state index in [9.17, 15) is 42.1 Å². The third-order valence-corrected chi connectivity index (χ3v) is 10.2. The van der Waals surface area contributed by atoms with Crippen LogP contribution in [0.1, 0.15) is 98.6 Å². The first-order chi connectivity index (χ1) is 29.4. The molecule has 10 nitrogen and oxygen atoms in total. The summed E-state index contributed by atoms with van der Waals surface area (Å²) in [6.07, 6.45) is 10.7. The molecule has 2 aliphatic carbocycles. The SMILES string of the molecule is CCCCCCOc1cc(C=C2C(=C(C#N)C#N)c3ccccc3C2=C(C#N)C#N)c(OCCCCCC)cc1C=C1C(=C(C#N)C#N)c2ccccc2C1=C(C#N)C#N. The number of unbranched alkanes of at least 4 members (excludes halogenated alkanes) is 6. The van der Waals surface area contributed by atoms with Crippen molar-refractivity contribution >= 4 is 34.4 Å². The van der Waals surface area contributed by atoms with Gasteiger partial charge in [-0.05, 0) is 70.5 Å². The molecule has 0 heterocycles. The van der Waals surface area contributed by atoms with Crippen LogP contribution in [0.3, 0.4) is 0 Å². The Morgan fingerprint density at radius 3 is 0.967 bits per heavy atom. The number of rotatable bonds is 14. The molecule has 3 aromatic carbocycles. The summed E-state index contributed by atoms with van der Waals surface area (Å²) in [5.41, 5.74) is 3.89. The Kier molecular flexibility index (Phi) is 14.7. The van der Waals surface area contributed by atoms with Crippen molar-refractivity contribution in [3.05, 3.63) is 127 Å². The molecule has 0 N–H and O–H groups in total. The van der Waals surface area contributed by atoms with Crippen molar-refractivity contribution in [2.75, 3.05) is 13.2 Å². The van der Waals surface area contributed by atoms with Gasteiger partial charge in [-0.2, -0.15) is 42.1 Å². The van der Waals surface area contributed by atoms with Crippen LogP contribution >= 0.6 is 0 Å². The number of hydrogen-bond acceptors (Lipinski definition) is 10. The molecule has 60 heavy (non-hydrogen) atoms. The van der Waals surface area contributed by atoms with Gasteiger partial charge in [-0.25, -0.2) is 0 Å². The smallest absolute Gasteiger partial charge is 0.138 e. The molecule has 0 saturated carbocycles. The molecule has 0 unspecified atom stereocenters. The molecule has 0 atom stereocenters. The van der Waals surface area contributed by atoms with E-state index >= 15 is 0 Å². The van der Waals surface area contributed by atoms with Gasteiger partial charge in [-0.3, -0.25) is 0 Å². The Morgan fingerprint density at radius 2 is 0.717 bits per heavy atom. The van der Waals surface area contributed by atoms with E-state index in [0.717, 1.165) is 51.4 Å². The standard InChI is InChI=1S/C50H38N8O2/c1-3-5-7-13-19-59-45-23-34(22-44-49(37(29-55)30-56)41-17-11-12-18-42(41)50(44)38(31-57)32-58)46(60-20-14-8-6-4-2)24-33(45)21-43-47(35(25-51)26-52)39-15-9-10-16-40(39)48(43)36(27-53)28-54/h9-12,15-18,21-24H,3-8,13-14,19-20H2,1-2H3. The van der Waals surface area contributed by atoms with Crippen molar-refractivity contribution in [3.8, 4) is 60.1 Å². The number of fused-ring (bicyclic) bond motifs is 2. The highest BCUT2D eigenvalue weighted by atomic mass is 16.5. The first-order valence-corrected chi connectivity index (χ1v) is 19.7. The highest BCUT2D eigenvalue weighted by Crippen LogP contribution is 2.51. The molecule has 0 aliphatic heterocycles. The Hall–Kier alpha value is -8.38.